The maximum atomic E-state index is 12.3. The first-order valence-corrected chi connectivity index (χ1v) is 7.80. The van der Waals surface area contributed by atoms with Crippen molar-refractivity contribution in [1.29, 1.82) is 10.5 Å². The minimum Gasteiger partial charge on any atom is -0.376 e. The van der Waals surface area contributed by atoms with Gasteiger partial charge in [-0.15, -0.1) is 0 Å². The van der Waals surface area contributed by atoms with Crippen LogP contribution in [0.2, 0.25) is 0 Å². The van der Waals surface area contributed by atoms with Gasteiger partial charge in [-0.1, -0.05) is 31.4 Å². The van der Waals surface area contributed by atoms with E-state index in [1.165, 1.54) is 19.3 Å². The van der Waals surface area contributed by atoms with Gasteiger partial charge in [0, 0.05) is 19.3 Å². The predicted molar refractivity (Wildman–Crippen MR) is 88.1 cm³/mol. The number of nitrogens with zero attached hydrogens (tertiary/aromatic N) is 3. The minimum atomic E-state index is -0.488. The molecule has 0 aliphatic heterocycles. The Kier molecular flexibility index (Phi) is 5.77. The summed E-state index contributed by atoms with van der Waals surface area (Å²) in [4.78, 5) is 14.3. The third-order valence-electron chi connectivity index (χ3n) is 4.14. The minimum absolute atomic E-state index is 0.0471. The summed E-state index contributed by atoms with van der Waals surface area (Å²) in [5.41, 5.74) is 0.839. The van der Waals surface area contributed by atoms with E-state index in [4.69, 9.17) is 5.26 Å². The molecule has 1 fully saturated rings. The number of benzene rings is 1. The van der Waals surface area contributed by atoms with Gasteiger partial charge in [0.1, 0.15) is 17.7 Å². The van der Waals surface area contributed by atoms with Crippen LogP contribution in [0, 0.1) is 22.7 Å². The highest BCUT2D eigenvalue weighted by atomic mass is 16.1. The van der Waals surface area contributed by atoms with E-state index in [0.717, 1.165) is 12.8 Å². The van der Waals surface area contributed by atoms with E-state index in [-0.39, 0.29) is 5.57 Å². The highest BCUT2D eigenvalue weighted by Crippen LogP contribution is 2.22. The van der Waals surface area contributed by atoms with Gasteiger partial charge in [-0.3, -0.25) is 4.79 Å². The lowest BCUT2D eigenvalue weighted by Crippen LogP contribution is -2.30. The zero-order valence-corrected chi connectivity index (χ0v) is 13.2. The zero-order chi connectivity index (χ0) is 16.7. The maximum absolute atomic E-state index is 12.3. The third kappa shape index (κ3) is 4.34. The van der Waals surface area contributed by atoms with Crippen LogP contribution < -0.4 is 5.32 Å². The molecular formula is C18H20N4O. The number of anilines is 1. The van der Waals surface area contributed by atoms with Gasteiger partial charge >= 0.3 is 0 Å². The molecule has 0 unspecified atom stereocenters. The van der Waals surface area contributed by atoms with E-state index in [0.29, 0.717) is 17.3 Å². The summed E-state index contributed by atoms with van der Waals surface area (Å²) in [6.07, 6.45) is 7.42. The molecule has 5 heteroatoms. The number of nitrogens with one attached hydrogen (secondary N) is 1. The third-order valence-corrected chi connectivity index (χ3v) is 4.14. The monoisotopic (exact) mass is 308 g/mol. The van der Waals surface area contributed by atoms with Crippen LogP contribution in [-0.4, -0.2) is 23.9 Å². The van der Waals surface area contributed by atoms with Gasteiger partial charge in [-0.25, -0.2) is 0 Å². The fourth-order valence-corrected chi connectivity index (χ4v) is 2.81. The molecule has 0 heterocycles. The average Bonchev–Trinajstić information content (AvgIpc) is 2.60. The number of nitriles is 2. The molecular weight excluding hydrogens is 288 g/mol. The molecule has 0 bridgehead atoms. The van der Waals surface area contributed by atoms with Crippen molar-refractivity contribution in [2.45, 2.75) is 38.1 Å². The fourth-order valence-electron chi connectivity index (χ4n) is 2.81. The lowest BCUT2D eigenvalue weighted by Gasteiger charge is -2.30. The van der Waals surface area contributed by atoms with E-state index in [1.807, 2.05) is 24.1 Å². The van der Waals surface area contributed by atoms with Crippen LogP contribution in [0.4, 0.5) is 5.69 Å². The molecule has 0 saturated heterocycles. The maximum Gasteiger partial charge on any atom is 0.267 e. The summed E-state index contributed by atoms with van der Waals surface area (Å²) in [6.45, 7) is 0. The summed E-state index contributed by atoms with van der Waals surface area (Å²) in [5.74, 6) is -0.488. The molecule has 2 rings (SSSR count). The Morgan fingerprint density at radius 2 is 1.96 bits per heavy atom. The summed E-state index contributed by atoms with van der Waals surface area (Å²) in [7, 11) is 1.91. The van der Waals surface area contributed by atoms with Crippen LogP contribution in [0.25, 0.3) is 0 Å². The van der Waals surface area contributed by atoms with Crippen molar-refractivity contribution in [3.8, 4) is 12.1 Å². The first-order valence-electron chi connectivity index (χ1n) is 7.80. The number of amides is 1. The highest BCUT2D eigenvalue weighted by Gasteiger charge is 2.18. The Morgan fingerprint density at radius 3 is 2.61 bits per heavy atom. The van der Waals surface area contributed by atoms with Gasteiger partial charge in [0.15, 0.2) is 0 Å². The van der Waals surface area contributed by atoms with Gasteiger partial charge in [-0.05, 0) is 25.0 Å². The van der Waals surface area contributed by atoms with Crippen molar-refractivity contribution in [2.75, 3.05) is 12.4 Å². The van der Waals surface area contributed by atoms with Crippen LogP contribution in [0.3, 0.4) is 0 Å². The summed E-state index contributed by atoms with van der Waals surface area (Å²) in [6, 6.07) is 11.1. The highest BCUT2D eigenvalue weighted by molar-refractivity contribution is 6.07. The molecule has 1 aromatic rings. The van der Waals surface area contributed by atoms with E-state index < -0.39 is 5.91 Å². The fraction of sp³-hybridized carbons (Fsp3) is 0.389. The Morgan fingerprint density at radius 1 is 1.26 bits per heavy atom. The van der Waals surface area contributed by atoms with Crippen molar-refractivity contribution >= 4 is 11.6 Å². The van der Waals surface area contributed by atoms with Crippen LogP contribution in [0.5, 0.6) is 0 Å². The molecule has 1 amide bonds. The first-order chi connectivity index (χ1) is 11.2. The van der Waals surface area contributed by atoms with Crippen molar-refractivity contribution in [1.82, 2.24) is 4.90 Å². The summed E-state index contributed by atoms with van der Waals surface area (Å²) < 4.78 is 0. The lowest BCUT2D eigenvalue weighted by atomic mass is 9.94. The molecule has 0 radical (unpaired) electrons. The second kappa shape index (κ2) is 8.00. The molecule has 5 nitrogen and oxygen atoms in total. The van der Waals surface area contributed by atoms with Crippen LogP contribution in [0.15, 0.2) is 36.0 Å². The smallest absolute Gasteiger partial charge is 0.267 e. The Hall–Kier alpha value is -2.79. The molecule has 0 aromatic heterocycles. The molecule has 1 aliphatic carbocycles. The summed E-state index contributed by atoms with van der Waals surface area (Å²) in [5, 5.41) is 21.0. The van der Waals surface area contributed by atoms with Crippen LogP contribution in [-0.2, 0) is 4.79 Å². The number of carbonyl (C=O) groups excluding carboxylic acids is 1. The zero-order valence-electron chi connectivity index (χ0n) is 13.2. The number of rotatable bonds is 4. The second-order valence-corrected chi connectivity index (χ2v) is 5.72. The lowest BCUT2D eigenvalue weighted by molar-refractivity contribution is -0.112. The van der Waals surface area contributed by atoms with Gasteiger partial charge in [0.25, 0.3) is 5.91 Å². The van der Waals surface area contributed by atoms with E-state index in [1.54, 1.807) is 30.5 Å². The Balaban J connectivity index is 2.10. The standard InChI is InChI=1S/C18H20N4O/c1-22(16-8-3-2-4-9-16)13-15(12-20)18(23)21-17-10-6-5-7-14(17)11-19/h5-7,10,13,16H,2-4,8-9H2,1H3,(H,21,23)/b15-13-. The SMILES string of the molecule is CN(/C=C(/C#N)C(=O)Nc1ccccc1C#N)C1CCCCC1. The van der Waals surface area contributed by atoms with Gasteiger partial charge < -0.3 is 10.2 Å². The van der Waals surface area contributed by atoms with Crippen molar-refractivity contribution in [2.24, 2.45) is 0 Å². The average molecular weight is 308 g/mol. The molecule has 118 valence electrons. The number of hydrogen-bond acceptors (Lipinski definition) is 4. The number of carbonyl (C=O) groups is 1. The molecule has 1 aliphatic rings. The molecule has 1 aromatic carbocycles. The molecule has 0 atom stereocenters. The second-order valence-electron chi connectivity index (χ2n) is 5.72. The number of para-hydroxylation sites is 1. The topological polar surface area (TPSA) is 79.9 Å². The quantitative estimate of drug-likeness (QED) is 0.684. The van der Waals surface area contributed by atoms with Gasteiger partial charge in [0.2, 0.25) is 0 Å². The van der Waals surface area contributed by atoms with Crippen molar-refractivity contribution in [3.63, 3.8) is 0 Å². The predicted octanol–water partition coefficient (Wildman–Crippen LogP) is 3.17. The first kappa shape index (κ1) is 16.6. The van der Waals surface area contributed by atoms with E-state index in [2.05, 4.69) is 5.32 Å². The van der Waals surface area contributed by atoms with Gasteiger partial charge in [-0.2, -0.15) is 10.5 Å². The molecule has 1 N–H and O–H groups in total. The summed E-state index contributed by atoms with van der Waals surface area (Å²) >= 11 is 0. The van der Waals surface area contributed by atoms with Crippen molar-refractivity contribution < 1.29 is 4.79 Å². The molecule has 0 spiro atoms. The van der Waals surface area contributed by atoms with E-state index >= 15 is 0 Å². The van der Waals surface area contributed by atoms with Crippen LogP contribution >= 0.6 is 0 Å². The number of hydrogen-bond donors (Lipinski definition) is 1. The Labute approximate surface area is 136 Å². The Bertz CT molecular complexity index is 675. The van der Waals surface area contributed by atoms with Crippen LogP contribution in [0.1, 0.15) is 37.7 Å². The largest absolute Gasteiger partial charge is 0.376 e. The molecule has 1 saturated carbocycles. The van der Waals surface area contributed by atoms with Crippen molar-refractivity contribution in [3.05, 3.63) is 41.6 Å². The normalized spacial score (nSPS) is 15.3. The van der Waals surface area contributed by atoms with Gasteiger partial charge in [0.05, 0.1) is 11.3 Å². The molecule has 23 heavy (non-hydrogen) atoms. The van der Waals surface area contributed by atoms with E-state index in [9.17, 15) is 10.1 Å².